The summed E-state index contributed by atoms with van der Waals surface area (Å²) in [6.07, 6.45) is 1.95. The molecule has 2 aromatic heterocycles. The molecule has 170 valence electrons. The van der Waals surface area contributed by atoms with Gasteiger partial charge in [-0.1, -0.05) is 31.1 Å². The van der Waals surface area contributed by atoms with Crippen LogP contribution in [0.1, 0.15) is 43.8 Å². The van der Waals surface area contributed by atoms with E-state index in [1.807, 2.05) is 31.2 Å². The van der Waals surface area contributed by atoms with Gasteiger partial charge in [-0.2, -0.15) is 4.98 Å². The first-order valence-electron chi connectivity index (χ1n) is 11.2. The van der Waals surface area contributed by atoms with Gasteiger partial charge in [0.05, 0.1) is 12.8 Å². The maximum absolute atomic E-state index is 12.4. The number of carbonyl (C=O) groups is 1. The van der Waals surface area contributed by atoms with E-state index in [2.05, 4.69) is 34.2 Å². The Hall–Kier alpha value is -3.16. The average molecular weight is 438 g/mol. The van der Waals surface area contributed by atoms with Gasteiger partial charge in [-0.3, -0.25) is 4.79 Å². The summed E-state index contributed by atoms with van der Waals surface area (Å²) in [4.78, 5) is 24.2. The van der Waals surface area contributed by atoms with Crippen molar-refractivity contribution in [3.05, 3.63) is 41.3 Å². The fourth-order valence-corrected chi connectivity index (χ4v) is 4.49. The molecule has 4 rings (SSSR count). The van der Waals surface area contributed by atoms with E-state index in [0.717, 1.165) is 41.3 Å². The van der Waals surface area contributed by atoms with Crippen molar-refractivity contribution in [1.29, 1.82) is 0 Å². The summed E-state index contributed by atoms with van der Waals surface area (Å²) in [5.74, 6) is 3.39. The molecular formula is C24H31N5O3. The molecule has 0 spiro atoms. The van der Waals surface area contributed by atoms with E-state index in [4.69, 9.17) is 14.2 Å². The van der Waals surface area contributed by atoms with Crippen molar-refractivity contribution >= 4 is 22.8 Å². The van der Waals surface area contributed by atoms with Gasteiger partial charge < -0.3 is 19.5 Å². The molecule has 1 amide bonds. The highest BCUT2D eigenvalue weighted by Crippen LogP contribution is 2.32. The quantitative estimate of drug-likeness (QED) is 0.603. The molecule has 1 saturated heterocycles. The second-order valence-electron chi connectivity index (χ2n) is 8.89. The smallest absolute Gasteiger partial charge is 0.263 e. The monoisotopic (exact) mass is 437 g/mol. The van der Waals surface area contributed by atoms with Crippen LogP contribution in [0, 0.1) is 18.8 Å². The number of anilines is 1. The SMILES string of the molecule is COc1cccc(CNC(=O)CCc2nc(N3C[C@@H](C)C[C@H](C)C3)c3c(C)noc3n2)c1. The van der Waals surface area contributed by atoms with Crippen LogP contribution in [0.2, 0.25) is 0 Å². The Kier molecular flexibility index (Phi) is 6.58. The average Bonchev–Trinajstić information content (AvgIpc) is 3.16. The molecule has 2 atom stereocenters. The van der Waals surface area contributed by atoms with E-state index in [9.17, 15) is 4.79 Å². The minimum Gasteiger partial charge on any atom is -0.497 e. The molecule has 8 nitrogen and oxygen atoms in total. The number of nitrogens with one attached hydrogen (secondary N) is 1. The van der Waals surface area contributed by atoms with Gasteiger partial charge in [0, 0.05) is 32.5 Å². The number of rotatable bonds is 7. The Morgan fingerprint density at radius 1 is 1.25 bits per heavy atom. The number of amides is 1. The van der Waals surface area contributed by atoms with Crippen molar-refractivity contribution in [2.75, 3.05) is 25.1 Å². The largest absolute Gasteiger partial charge is 0.497 e. The van der Waals surface area contributed by atoms with E-state index < -0.39 is 0 Å². The van der Waals surface area contributed by atoms with Crippen LogP contribution < -0.4 is 15.0 Å². The number of ether oxygens (including phenoxy) is 1. The fourth-order valence-electron chi connectivity index (χ4n) is 4.49. The normalized spacial score (nSPS) is 18.7. The summed E-state index contributed by atoms with van der Waals surface area (Å²) in [7, 11) is 1.63. The molecule has 0 bridgehead atoms. The third kappa shape index (κ3) is 5.00. The van der Waals surface area contributed by atoms with Crippen molar-refractivity contribution < 1.29 is 14.1 Å². The van der Waals surface area contributed by atoms with Gasteiger partial charge in [-0.05, 0) is 42.9 Å². The molecule has 1 N–H and O–H groups in total. The lowest BCUT2D eigenvalue weighted by molar-refractivity contribution is -0.121. The second kappa shape index (κ2) is 9.54. The van der Waals surface area contributed by atoms with Crippen molar-refractivity contribution in [3.63, 3.8) is 0 Å². The maximum Gasteiger partial charge on any atom is 0.263 e. The molecule has 0 radical (unpaired) electrons. The van der Waals surface area contributed by atoms with Crippen molar-refractivity contribution in [2.45, 2.75) is 46.6 Å². The van der Waals surface area contributed by atoms with Gasteiger partial charge in [0.2, 0.25) is 5.91 Å². The number of carbonyl (C=O) groups excluding carboxylic acids is 1. The summed E-state index contributed by atoms with van der Waals surface area (Å²) in [6.45, 7) is 8.81. The molecule has 0 saturated carbocycles. The van der Waals surface area contributed by atoms with E-state index in [-0.39, 0.29) is 5.91 Å². The van der Waals surface area contributed by atoms with Crippen LogP contribution in [0.5, 0.6) is 5.75 Å². The minimum absolute atomic E-state index is 0.0490. The minimum atomic E-state index is -0.0490. The van der Waals surface area contributed by atoms with Crippen LogP contribution in [0.3, 0.4) is 0 Å². The Morgan fingerprint density at radius 3 is 2.78 bits per heavy atom. The summed E-state index contributed by atoms with van der Waals surface area (Å²) in [6, 6.07) is 7.66. The second-order valence-corrected chi connectivity index (χ2v) is 8.89. The number of hydrogen-bond donors (Lipinski definition) is 1. The van der Waals surface area contributed by atoms with Gasteiger partial charge in [0.15, 0.2) is 0 Å². The summed E-state index contributed by atoms with van der Waals surface area (Å²) in [5, 5.41) is 7.94. The topological polar surface area (TPSA) is 93.4 Å². The number of benzene rings is 1. The predicted octanol–water partition coefficient (Wildman–Crippen LogP) is 3.67. The van der Waals surface area contributed by atoms with Gasteiger partial charge in [-0.25, -0.2) is 4.98 Å². The third-order valence-corrected chi connectivity index (χ3v) is 5.90. The summed E-state index contributed by atoms with van der Waals surface area (Å²) < 4.78 is 10.7. The molecule has 8 heteroatoms. The zero-order valence-electron chi connectivity index (χ0n) is 19.2. The number of methoxy groups -OCH3 is 1. The lowest BCUT2D eigenvalue weighted by Crippen LogP contribution is -2.39. The molecule has 1 fully saturated rings. The van der Waals surface area contributed by atoms with Crippen LogP contribution in [-0.2, 0) is 17.8 Å². The van der Waals surface area contributed by atoms with Crippen LogP contribution in [0.15, 0.2) is 28.8 Å². The molecular weight excluding hydrogens is 406 g/mol. The Bertz CT molecular complexity index is 1090. The summed E-state index contributed by atoms with van der Waals surface area (Å²) >= 11 is 0. The molecule has 3 heterocycles. The maximum atomic E-state index is 12.4. The lowest BCUT2D eigenvalue weighted by Gasteiger charge is -2.36. The number of nitrogens with zero attached hydrogens (tertiary/aromatic N) is 4. The van der Waals surface area contributed by atoms with Crippen LogP contribution in [0.4, 0.5) is 5.82 Å². The number of fused-ring (bicyclic) bond motifs is 1. The van der Waals surface area contributed by atoms with Gasteiger partial charge in [-0.15, -0.1) is 0 Å². The van der Waals surface area contributed by atoms with Crippen LogP contribution >= 0.6 is 0 Å². The molecule has 32 heavy (non-hydrogen) atoms. The Labute approximate surface area is 188 Å². The number of piperidine rings is 1. The predicted molar refractivity (Wildman–Crippen MR) is 123 cm³/mol. The fraction of sp³-hybridized carbons (Fsp3) is 0.500. The van der Waals surface area contributed by atoms with Crippen molar-refractivity contribution in [2.24, 2.45) is 11.8 Å². The molecule has 1 aromatic carbocycles. The van der Waals surface area contributed by atoms with Gasteiger partial charge in [0.25, 0.3) is 5.71 Å². The van der Waals surface area contributed by atoms with Crippen molar-refractivity contribution in [3.8, 4) is 5.75 Å². The van der Waals surface area contributed by atoms with E-state index in [1.54, 1.807) is 7.11 Å². The van der Waals surface area contributed by atoms with Crippen molar-refractivity contribution in [1.82, 2.24) is 20.4 Å². The number of hydrogen-bond acceptors (Lipinski definition) is 7. The zero-order valence-corrected chi connectivity index (χ0v) is 19.2. The highest BCUT2D eigenvalue weighted by molar-refractivity contribution is 5.88. The first kappa shape index (κ1) is 22.0. The first-order valence-corrected chi connectivity index (χ1v) is 11.2. The first-order chi connectivity index (χ1) is 15.4. The van der Waals surface area contributed by atoms with Gasteiger partial charge >= 0.3 is 0 Å². The van der Waals surface area contributed by atoms with Crippen LogP contribution in [-0.4, -0.2) is 41.2 Å². The third-order valence-electron chi connectivity index (χ3n) is 5.90. The molecule has 1 aliphatic rings. The summed E-state index contributed by atoms with van der Waals surface area (Å²) in [5.41, 5.74) is 2.27. The highest BCUT2D eigenvalue weighted by Gasteiger charge is 2.27. The van der Waals surface area contributed by atoms with E-state index in [0.29, 0.717) is 42.8 Å². The van der Waals surface area contributed by atoms with E-state index >= 15 is 0 Å². The molecule has 0 aliphatic carbocycles. The Morgan fingerprint density at radius 2 is 2.03 bits per heavy atom. The van der Waals surface area contributed by atoms with Crippen LogP contribution in [0.25, 0.3) is 11.1 Å². The molecule has 3 aromatic rings. The number of aromatic nitrogens is 3. The Balaban J connectivity index is 1.45. The number of aryl methyl sites for hydroxylation is 2. The highest BCUT2D eigenvalue weighted by atomic mass is 16.5. The van der Waals surface area contributed by atoms with E-state index in [1.165, 1.54) is 6.42 Å². The standard InChI is InChI=1S/C24H31N5O3/c1-15-10-16(2)14-29(13-15)23-22-17(3)28-32-24(22)27-20(26-23)8-9-21(30)25-12-18-6-5-7-19(11-18)31-4/h5-7,11,15-16H,8-10,12-14H2,1-4H3,(H,25,30)/t15-,16-/m0/s1. The lowest BCUT2D eigenvalue weighted by atomic mass is 9.92. The molecule has 1 aliphatic heterocycles. The van der Waals surface area contributed by atoms with Gasteiger partial charge in [0.1, 0.15) is 22.8 Å². The zero-order chi connectivity index (χ0) is 22.7. The molecule has 0 unspecified atom stereocenters.